The highest BCUT2D eigenvalue weighted by atomic mass is 35.5. The van der Waals surface area contributed by atoms with E-state index in [-0.39, 0.29) is 17.9 Å². The van der Waals surface area contributed by atoms with Gasteiger partial charge in [-0.3, -0.25) is 9.59 Å². The van der Waals surface area contributed by atoms with Crippen molar-refractivity contribution < 1.29 is 4.79 Å². The second-order valence-corrected chi connectivity index (χ2v) is 7.96. The number of hydrogen-bond acceptors (Lipinski definition) is 4. The molecule has 2 N–H and O–H groups in total. The predicted molar refractivity (Wildman–Crippen MR) is 114 cm³/mol. The van der Waals surface area contributed by atoms with Gasteiger partial charge in [0.1, 0.15) is 0 Å². The SMILES string of the molecule is Cc1cc(C)cc(NC(=O)Cc2cc(=O)[nH]c(SCc3cccc(Cl)c3)n2)c1. The molecular weight excluding hydrogens is 394 g/mol. The zero-order chi connectivity index (χ0) is 20.1. The summed E-state index contributed by atoms with van der Waals surface area (Å²) in [4.78, 5) is 31.4. The Morgan fingerprint density at radius 1 is 1.14 bits per heavy atom. The quantitative estimate of drug-likeness (QED) is 0.460. The van der Waals surface area contributed by atoms with Gasteiger partial charge < -0.3 is 10.3 Å². The van der Waals surface area contributed by atoms with Gasteiger partial charge in [-0.1, -0.05) is 41.6 Å². The molecule has 7 heteroatoms. The van der Waals surface area contributed by atoms with Gasteiger partial charge in [0.05, 0.1) is 12.1 Å². The van der Waals surface area contributed by atoms with E-state index in [0.29, 0.717) is 21.6 Å². The maximum absolute atomic E-state index is 12.4. The highest BCUT2D eigenvalue weighted by Gasteiger charge is 2.09. The Morgan fingerprint density at radius 3 is 2.61 bits per heavy atom. The number of aryl methyl sites for hydroxylation is 2. The third-order valence-electron chi connectivity index (χ3n) is 3.88. The Labute approximate surface area is 172 Å². The smallest absolute Gasteiger partial charge is 0.251 e. The Balaban J connectivity index is 1.67. The van der Waals surface area contributed by atoms with Gasteiger partial charge in [-0.15, -0.1) is 0 Å². The minimum atomic E-state index is -0.280. The fourth-order valence-corrected chi connectivity index (χ4v) is 3.89. The van der Waals surface area contributed by atoms with E-state index in [4.69, 9.17) is 11.6 Å². The number of rotatable bonds is 6. The standard InChI is InChI=1S/C21H20ClN3O2S/c1-13-6-14(2)8-17(7-13)23-19(26)10-18-11-20(27)25-21(24-18)28-12-15-4-3-5-16(22)9-15/h3-9,11H,10,12H2,1-2H3,(H,23,26)(H,24,25,27). The van der Waals surface area contributed by atoms with Crippen LogP contribution in [0.1, 0.15) is 22.4 Å². The molecule has 0 saturated heterocycles. The summed E-state index contributed by atoms with van der Waals surface area (Å²) >= 11 is 7.38. The molecule has 1 aromatic heterocycles. The number of H-pyrrole nitrogens is 1. The van der Waals surface area contributed by atoms with Crippen molar-refractivity contribution in [2.45, 2.75) is 31.2 Å². The first kappa shape index (κ1) is 20.2. The normalized spacial score (nSPS) is 10.7. The number of benzene rings is 2. The average molecular weight is 414 g/mol. The predicted octanol–water partition coefficient (Wildman–Crippen LogP) is 4.51. The van der Waals surface area contributed by atoms with Crippen molar-refractivity contribution in [3.05, 3.63) is 86.3 Å². The van der Waals surface area contributed by atoms with Gasteiger partial charge in [-0.25, -0.2) is 4.98 Å². The Bertz CT molecular complexity index is 1050. The molecule has 3 rings (SSSR count). The third kappa shape index (κ3) is 5.97. The molecule has 0 bridgehead atoms. The summed E-state index contributed by atoms with van der Waals surface area (Å²) in [6, 6.07) is 14.7. The number of aromatic nitrogens is 2. The van der Waals surface area contributed by atoms with Crippen molar-refractivity contribution in [2.24, 2.45) is 0 Å². The molecule has 0 atom stereocenters. The van der Waals surface area contributed by atoms with Crippen molar-refractivity contribution in [1.82, 2.24) is 9.97 Å². The monoisotopic (exact) mass is 413 g/mol. The van der Waals surface area contributed by atoms with Gasteiger partial charge in [0.2, 0.25) is 5.91 Å². The van der Waals surface area contributed by atoms with Crippen LogP contribution in [-0.2, 0) is 17.0 Å². The zero-order valence-electron chi connectivity index (χ0n) is 15.6. The minimum Gasteiger partial charge on any atom is -0.326 e. The van der Waals surface area contributed by atoms with Crippen LogP contribution in [0.15, 0.2) is 58.5 Å². The van der Waals surface area contributed by atoms with Crippen molar-refractivity contribution in [2.75, 3.05) is 5.32 Å². The Morgan fingerprint density at radius 2 is 1.89 bits per heavy atom. The Hall–Kier alpha value is -2.57. The van der Waals surface area contributed by atoms with E-state index in [2.05, 4.69) is 15.3 Å². The van der Waals surface area contributed by atoms with Crippen molar-refractivity contribution >= 4 is 35.0 Å². The van der Waals surface area contributed by atoms with Gasteiger partial charge in [0.15, 0.2) is 5.16 Å². The van der Waals surface area contributed by atoms with E-state index >= 15 is 0 Å². The molecule has 3 aromatic rings. The summed E-state index contributed by atoms with van der Waals surface area (Å²) < 4.78 is 0. The molecule has 1 amide bonds. The summed E-state index contributed by atoms with van der Waals surface area (Å²) in [6.07, 6.45) is 0.0294. The van der Waals surface area contributed by atoms with E-state index in [1.54, 1.807) is 0 Å². The lowest BCUT2D eigenvalue weighted by Gasteiger charge is -2.08. The first-order valence-electron chi connectivity index (χ1n) is 8.73. The topological polar surface area (TPSA) is 74.8 Å². The van der Waals surface area contributed by atoms with Crippen LogP contribution in [-0.4, -0.2) is 15.9 Å². The van der Waals surface area contributed by atoms with Crippen LogP contribution in [0.3, 0.4) is 0 Å². The molecule has 1 heterocycles. The van der Waals surface area contributed by atoms with Gasteiger partial charge in [0.25, 0.3) is 5.56 Å². The fraction of sp³-hybridized carbons (Fsp3) is 0.190. The number of nitrogens with zero attached hydrogens (tertiary/aromatic N) is 1. The lowest BCUT2D eigenvalue weighted by Crippen LogP contribution is -2.18. The molecule has 144 valence electrons. The van der Waals surface area contributed by atoms with Crippen LogP contribution in [0.4, 0.5) is 5.69 Å². The second-order valence-electron chi connectivity index (χ2n) is 6.56. The molecular formula is C21H20ClN3O2S. The average Bonchev–Trinajstić information content (AvgIpc) is 2.58. The number of hydrogen-bond donors (Lipinski definition) is 2. The molecule has 0 saturated carbocycles. The number of aromatic amines is 1. The molecule has 0 aliphatic carbocycles. The van der Waals surface area contributed by atoms with E-state index < -0.39 is 0 Å². The number of carbonyl (C=O) groups is 1. The van der Waals surface area contributed by atoms with E-state index in [9.17, 15) is 9.59 Å². The molecule has 0 aliphatic heterocycles. The number of anilines is 1. The highest BCUT2D eigenvalue weighted by molar-refractivity contribution is 7.98. The van der Waals surface area contributed by atoms with Crippen LogP contribution in [0.5, 0.6) is 0 Å². The summed E-state index contributed by atoms with van der Waals surface area (Å²) in [5.41, 5.74) is 4.06. The summed E-state index contributed by atoms with van der Waals surface area (Å²) in [7, 11) is 0. The van der Waals surface area contributed by atoms with Gasteiger partial charge in [-0.05, 0) is 54.8 Å². The second kappa shape index (κ2) is 9.08. The maximum Gasteiger partial charge on any atom is 0.251 e. The van der Waals surface area contributed by atoms with Crippen LogP contribution in [0, 0.1) is 13.8 Å². The number of halogens is 1. The summed E-state index contributed by atoms with van der Waals surface area (Å²) in [5.74, 6) is 0.399. The lowest BCUT2D eigenvalue weighted by molar-refractivity contribution is -0.115. The van der Waals surface area contributed by atoms with Crippen LogP contribution in [0.25, 0.3) is 0 Å². The lowest BCUT2D eigenvalue weighted by atomic mass is 10.1. The van der Waals surface area contributed by atoms with Crippen LogP contribution >= 0.6 is 23.4 Å². The minimum absolute atomic E-state index is 0.0294. The largest absolute Gasteiger partial charge is 0.326 e. The molecule has 0 unspecified atom stereocenters. The molecule has 0 aliphatic rings. The van der Waals surface area contributed by atoms with E-state index in [1.165, 1.54) is 17.8 Å². The van der Waals surface area contributed by atoms with Crippen molar-refractivity contribution in [3.63, 3.8) is 0 Å². The molecule has 0 radical (unpaired) electrons. The first-order chi connectivity index (χ1) is 13.4. The molecule has 0 spiro atoms. The van der Waals surface area contributed by atoms with Gasteiger partial charge in [-0.2, -0.15) is 0 Å². The summed E-state index contributed by atoms with van der Waals surface area (Å²) in [5, 5.41) is 4.00. The van der Waals surface area contributed by atoms with Crippen LogP contribution < -0.4 is 10.9 Å². The molecule has 5 nitrogen and oxygen atoms in total. The first-order valence-corrected chi connectivity index (χ1v) is 10.1. The number of thioether (sulfide) groups is 1. The fourth-order valence-electron chi connectivity index (χ4n) is 2.84. The molecule has 0 fully saturated rings. The van der Waals surface area contributed by atoms with E-state index in [0.717, 1.165) is 22.4 Å². The number of carbonyl (C=O) groups excluding carboxylic acids is 1. The highest BCUT2D eigenvalue weighted by Crippen LogP contribution is 2.21. The van der Waals surface area contributed by atoms with Gasteiger partial charge >= 0.3 is 0 Å². The van der Waals surface area contributed by atoms with Crippen molar-refractivity contribution in [1.29, 1.82) is 0 Å². The number of amides is 1. The van der Waals surface area contributed by atoms with E-state index in [1.807, 2.05) is 56.3 Å². The zero-order valence-corrected chi connectivity index (χ0v) is 17.2. The van der Waals surface area contributed by atoms with Gasteiger partial charge in [0, 0.05) is 22.5 Å². The van der Waals surface area contributed by atoms with Crippen LogP contribution in [0.2, 0.25) is 5.02 Å². The molecule has 28 heavy (non-hydrogen) atoms. The van der Waals surface area contributed by atoms with Crippen molar-refractivity contribution in [3.8, 4) is 0 Å². The molecule has 2 aromatic carbocycles. The summed E-state index contributed by atoms with van der Waals surface area (Å²) in [6.45, 7) is 3.95. The maximum atomic E-state index is 12.4. The Kier molecular flexibility index (Phi) is 6.54. The number of nitrogens with one attached hydrogen (secondary N) is 2. The third-order valence-corrected chi connectivity index (χ3v) is 5.06.